The first-order chi connectivity index (χ1) is 14.2. The summed E-state index contributed by atoms with van der Waals surface area (Å²) in [6, 6.07) is 19.1. The smallest absolute Gasteiger partial charge is 0.349 e. The van der Waals surface area contributed by atoms with E-state index in [4.69, 9.17) is 13.9 Å². The molecule has 1 atom stereocenters. The molecule has 144 valence electrons. The molecule has 0 radical (unpaired) electrons. The van der Waals surface area contributed by atoms with Crippen molar-refractivity contribution in [2.45, 2.75) is 19.6 Å². The van der Waals surface area contributed by atoms with Crippen molar-refractivity contribution in [1.29, 1.82) is 0 Å². The first-order valence-corrected chi connectivity index (χ1v) is 9.95. The monoisotopic (exact) mass is 404 g/mol. The van der Waals surface area contributed by atoms with Crippen molar-refractivity contribution >= 4 is 17.3 Å². The van der Waals surface area contributed by atoms with Crippen molar-refractivity contribution in [2.75, 3.05) is 0 Å². The van der Waals surface area contributed by atoms with Gasteiger partial charge in [-0.25, -0.2) is 4.79 Å². The van der Waals surface area contributed by atoms with E-state index in [2.05, 4.69) is 10.2 Å². The molecule has 7 heteroatoms. The Bertz CT molecular complexity index is 1180. The van der Waals surface area contributed by atoms with Crippen molar-refractivity contribution in [3.63, 3.8) is 0 Å². The molecule has 0 spiro atoms. The predicted octanol–water partition coefficient (Wildman–Crippen LogP) is 5.28. The third-order valence-corrected chi connectivity index (χ3v) is 5.81. The zero-order valence-corrected chi connectivity index (χ0v) is 16.3. The van der Waals surface area contributed by atoms with Crippen molar-refractivity contribution in [3.8, 4) is 27.6 Å². The van der Waals surface area contributed by atoms with Gasteiger partial charge in [-0.1, -0.05) is 30.3 Å². The molecule has 1 aliphatic heterocycles. The van der Waals surface area contributed by atoms with Crippen LogP contribution in [0.15, 0.2) is 65.1 Å². The number of aromatic nitrogens is 2. The predicted molar refractivity (Wildman–Crippen MR) is 108 cm³/mol. The minimum Gasteiger partial charge on any atom is -0.488 e. The van der Waals surface area contributed by atoms with Crippen LogP contribution in [0.3, 0.4) is 0 Å². The van der Waals surface area contributed by atoms with Crippen LogP contribution in [-0.2, 0) is 11.3 Å². The highest BCUT2D eigenvalue weighted by molar-refractivity contribution is 7.17. The number of benzene rings is 2. The number of hydrogen-bond donors (Lipinski definition) is 0. The Morgan fingerprint density at radius 3 is 2.76 bits per heavy atom. The van der Waals surface area contributed by atoms with Gasteiger partial charge in [-0.05, 0) is 37.3 Å². The Labute approximate surface area is 170 Å². The number of fused-ring (bicyclic) bond motifs is 3. The Morgan fingerprint density at radius 2 is 1.90 bits per heavy atom. The molecule has 5 rings (SSSR count). The SMILES string of the molecule is C[C@@H](OC(=O)c1cc2c(s1)-c1ccccc1OC2)c1nnc(-c2ccccc2)o1. The summed E-state index contributed by atoms with van der Waals surface area (Å²) in [4.78, 5) is 14.2. The lowest BCUT2D eigenvalue weighted by Crippen LogP contribution is -2.08. The molecule has 29 heavy (non-hydrogen) atoms. The van der Waals surface area contributed by atoms with Crippen LogP contribution in [0, 0.1) is 0 Å². The highest BCUT2D eigenvalue weighted by Gasteiger charge is 2.25. The molecule has 0 saturated carbocycles. The molecule has 4 aromatic rings. The van der Waals surface area contributed by atoms with Crippen LogP contribution in [0.25, 0.3) is 21.9 Å². The molecule has 2 aromatic heterocycles. The summed E-state index contributed by atoms with van der Waals surface area (Å²) in [7, 11) is 0. The molecule has 6 nitrogen and oxygen atoms in total. The van der Waals surface area contributed by atoms with E-state index >= 15 is 0 Å². The van der Waals surface area contributed by atoms with Crippen LogP contribution >= 0.6 is 11.3 Å². The molecule has 0 saturated heterocycles. The van der Waals surface area contributed by atoms with Gasteiger partial charge in [-0.15, -0.1) is 21.5 Å². The second-order valence-corrected chi connectivity index (χ2v) is 7.66. The fraction of sp³-hybridized carbons (Fsp3) is 0.136. The van der Waals surface area contributed by atoms with Gasteiger partial charge < -0.3 is 13.9 Å². The number of esters is 1. The van der Waals surface area contributed by atoms with Crippen LogP contribution in [-0.4, -0.2) is 16.2 Å². The van der Waals surface area contributed by atoms with E-state index in [1.807, 2.05) is 60.7 Å². The number of carbonyl (C=O) groups excluding carboxylic acids is 1. The Kier molecular flexibility index (Phi) is 4.37. The third-order valence-electron chi connectivity index (χ3n) is 4.62. The highest BCUT2D eigenvalue weighted by Crippen LogP contribution is 2.42. The molecule has 3 heterocycles. The maximum Gasteiger partial charge on any atom is 0.349 e. The number of ether oxygens (including phenoxy) is 2. The van der Waals surface area contributed by atoms with Gasteiger partial charge in [0.1, 0.15) is 17.2 Å². The molecule has 2 aromatic carbocycles. The normalized spacial score (nSPS) is 13.1. The number of rotatable bonds is 4. The lowest BCUT2D eigenvalue weighted by atomic mass is 10.1. The molecule has 1 aliphatic rings. The van der Waals surface area contributed by atoms with Gasteiger partial charge in [0.05, 0.1) is 0 Å². The Hall–Kier alpha value is -3.45. The van der Waals surface area contributed by atoms with Gasteiger partial charge in [0.2, 0.25) is 5.89 Å². The van der Waals surface area contributed by atoms with Crippen molar-refractivity contribution < 1.29 is 18.7 Å². The topological polar surface area (TPSA) is 74.5 Å². The van der Waals surface area contributed by atoms with E-state index in [0.717, 1.165) is 27.3 Å². The molecule has 0 N–H and O–H groups in total. The molecule has 0 fully saturated rings. The fourth-order valence-corrected chi connectivity index (χ4v) is 4.25. The van der Waals surface area contributed by atoms with Crippen LogP contribution in [0.2, 0.25) is 0 Å². The molecular formula is C22H16N2O4S. The summed E-state index contributed by atoms with van der Waals surface area (Å²) < 4.78 is 17.0. The first kappa shape index (κ1) is 17.6. The summed E-state index contributed by atoms with van der Waals surface area (Å²) in [5.41, 5.74) is 2.79. The van der Waals surface area contributed by atoms with E-state index in [1.165, 1.54) is 11.3 Å². The quantitative estimate of drug-likeness (QED) is 0.431. The first-order valence-electron chi connectivity index (χ1n) is 9.14. The molecule has 0 bridgehead atoms. The minimum absolute atomic E-state index is 0.257. The lowest BCUT2D eigenvalue weighted by Gasteiger charge is -2.16. The third kappa shape index (κ3) is 3.30. The zero-order valence-electron chi connectivity index (χ0n) is 15.5. The van der Waals surface area contributed by atoms with Gasteiger partial charge >= 0.3 is 5.97 Å². The van der Waals surface area contributed by atoms with Crippen molar-refractivity contribution in [2.24, 2.45) is 0 Å². The van der Waals surface area contributed by atoms with Crippen molar-refractivity contribution in [3.05, 3.63) is 77.0 Å². The summed E-state index contributed by atoms with van der Waals surface area (Å²) in [6.45, 7) is 2.15. The molecule has 0 amide bonds. The van der Waals surface area contributed by atoms with Crippen LogP contribution in [0.5, 0.6) is 5.75 Å². The fourth-order valence-electron chi connectivity index (χ4n) is 3.17. The summed E-state index contributed by atoms with van der Waals surface area (Å²) in [6.07, 6.45) is -0.657. The maximum absolute atomic E-state index is 12.7. The number of thiophene rings is 1. The van der Waals surface area contributed by atoms with E-state index in [-0.39, 0.29) is 5.89 Å². The largest absolute Gasteiger partial charge is 0.488 e. The van der Waals surface area contributed by atoms with Crippen LogP contribution in [0.1, 0.15) is 34.2 Å². The Morgan fingerprint density at radius 1 is 1.10 bits per heavy atom. The van der Waals surface area contributed by atoms with Crippen LogP contribution in [0.4, 0.5) is 0 Å². The second kappa shape index (κ2) is 7.18. The number of nitrogens with zero attached hydrogens (tertiary/aromatic N) is 2. The van der Waals surface area contributed by atoms with E-state index in [9.17, 15) is 4.79 Å². The van der Waals surface area contributed by atoms with Gasteiger partial charge in [-0.2, -0.15) is 0 Å². The van der Waals surface area contributed by atoms with Gasteiger partial charge in [0.25, 0.3) is 5.89 Å². The molecule has 0 aliphatic carbocycles. The summed E-state index contributed by atoms with van der Waals surface area (Å²) in [5, 5.41) is 8.07. The zero-order chi connectivity index (χ0) is 19.8. The van der Waals surface area contributed by atoms with Crippen LogP contribution < -0.4 is 4.74 Å². The number of para-hydroxylation sites is 1. The number of carbonyl (C=O) groups is 1. The minimum atomic E-state index is -0.657. The lowest BCUT2D eigenvalue weighted by molar-refractivity contribution is 0.0285. The standard InChI is InChI=1S/C22H16N2O4S/c1-13(20-23-24-21(28-20)14-7-3-2-4-8-14)27-22(25)18-11-15-12-26-17-10-6-5-9-16(17)19(15)29-18/h2-11,13H,12H2,1H3/t13-/m1/s1. The number of hydrogen-bond acceptors (Lipinski definition) is 7. The maximum atomic E-state index is 12.7. The van der Waals surface area contributed by atoms with E-state index in [1.54, 1.807) is 6.92 Å². The summed E-state index contributed by atoms with van der Waals surface area (Å²) >= 11 is 1.40. The molecule has 0 unspecified atom stereocenters. The Balaban J connectivity index is 1.34. The van der Waals surface area contributed by atoms with Gasteiger partial charge in [-0.3, -0.25) is 0 Å². The summed E-state index contributed by atoms with van der Waals surface area (Å²) in [5.74, 6) is 1.05. The van der Waals surface area contributed by atoms with E-state index in [0.29, 0.717) is 17.4 Å². The van der Waals surface area contributed by atoms with Crippen molar-refractivity contribution in [1.82, 2.24) is 10.2 Å². The second-order valence-electron chi connectivity index (χ2n) is 6.61. The average molecular weight is 404 g/mol. The van der Waals surface area contributed by atoms with Gasteiger partial charge in [0.15, 0.2) is 6.10 Å². The molecular weight excluding hydrogens is 388 g/mol. The average Bonchev–Trinajstić information content (AvgIpc) is 3.42. The van der Waals surface area contributed by atoms with Gasteiger partial charge in [0, 0.05) is 21.6 Å². The highest BCUT2D eigenvalue weighted by atomic mass is 32.1. The van der Waals surface area contributed by atoms with E-state index < -0.39 is 12.1 Å².